The summed E-state index contributed by atoms with van der Waals surface area (Å²) in [6, 6.07) is 0. The number of aromatic nitrogens is 1. The van der Waals surface area contributed by atoms with E-state index in [-0.39, 0.29) is 30.7 Å². The van der Waals surface area contributed by atoms with Crippen LogP contribution in [0, 0.1) is 5.92 Å². The monoisotopic (exact) mass is 311 g/mol. The lowest BCUT2D eigenvalue weighted by atomic mass is 10.4. The molecule has 7 heteroatoms. The van der Waals surface area contributed by atoms with Gasteiger partial charge in [-0.3, -0.25) is 4.79 Å². The molecule has 1 aliphatic rings. The molecule has 1 amide bonds. The summed E-state index contributed by atoms with van der Waals surface area (Å²) in [5.74, 6) is 0.903. The largest absolute Gasteiger partial charge is 0.355 e. The van der Waals surface area contributed by atoms with Crippen LogP contribution in [0.2, 0.25) is 0 Å². The maximum atomic E-state index is 11.4. The molecule has 0 aromatic carbocycles. The quantitative estimate of drug-likeness (QED) is 0.805. The maximum absolute atomic E-state index is 11.4. The summed E-state index contributed by atoms with van der Waals surface area (Å²) >= 11 is 1.63. The molecule has 1 heterocycles. The van der Waals surface area contributed by atoms with E-state index in [2.05, 4.69) is 15.6 Å². The molecule has 1 aromatic heterocycles. The zero-order chi connectivity index (χ0) is 11.2. The summed E-state index contributed by atoms with van der Waals surface area (Å²) < 4.78 is 0. The van der Waals surface area contributed by atoms with Gasteiger partial charge in [-0.25, -0.2) is 4.98 Å². The minimum atomic E-state index is 0. The fraction of sp³-hybridized carbons (Fsp3) is 0.636. The molecule has 0 aliphatic heterocycles. The molecule has 1 fully saturated rings. The molecule has 0 bridgehead atoms. The van der Waals surface area contributed by atoms with Crippen LogP contribution in [0.25, 0.3) is 0 Å². The molecule has 0 radical (unpaired) electrons. The number of amides is 1. The Balaban J connectivity index is 0.00000144. The standard InChI is InChI=1S/C11H17N3OS.2ClH/c15-10(8-12-7-9-1-2-9)13-4-3-11-14-5-6-16-11;;/h5-6,9,12H,1-4,7-8H2,(H,13,15);2*1H. The second kappa shape index (κ2) is 9.55. The molecule has 18 heavy (non-hydrogen) atoms. The Kier molecular flexibility index (Phi) is 9.36. The predicted octanol–water partition coefficient (Wildman–Crippen LogP) is 1.64. The lowest BCUT2D eigenvalue weighted by Crippen LogP contribution is -2.35. The Morgan fingerprint density at radius 1 is 1.44 bits per heavy atom. The molecular weight excluding hydrogens is 293 g/mol. The van der Waals surface area contributed by atoms with Crippen molar-refractivity contribution in [3.8, 4) is 0 Å². The first-order chi connectivity index (χ1) is 7.84. The minimum absolute atomic E-state index is 0. The summed E-state index contributed by atoms with van der Waals surface area (Å²) in [6.45, 7) is 2.10. The first kappa shape index (κ1) is 17.6. The van der Waals surface area contributed by atoms with Crippen molar-refractivity contribution in [1.82, 2.24) is 15.6 Å². The van der Waals surface area contributed by atoms with E-state index >= 15 is 0 Å². The smallest absolute Gasteiger partial charge is 0.233 e. The summed E-state index contributed by atoms with van der Waals surface area (Å²) in [5.41, 5.74) is 0. The van der Waals surface area contributed by atoms with Crippen LogP contribution in [-0.4, -0.2) is 30.5 Å². The van der Waals surface area contributed by atoms with E-state index in [0.29, 0.717) is 13.1 Å². The summed E-state index contributed by atoms with van der Waals surface area (Å²) in [7, 11) is 0. The van der Waals surface area contributed by atoms with Crippen LogP contribution in [0.5, 0.6) is 0 Å². The number of nitrogens with zero attached hydrogens (tertiary/aromatic N) is 1. The van der Waals surface area contributed by atoms with Gasteiger partial charge in [-0.1, -0.05) is 0 Å². The molecule has 0 unspecified atom stereocenters. The van der Waals surface area contributed by atoms with Crippen LogP contribution >= 0.6 is 36.2 Å². The predicted molar refractivity (Wildman–Crippen MR) is 78.9 cm³/mol. The van der Waals surface area contributed by atoms with Crippen LogP contribution in [-0.2, 0) is 11.2 Å². The van der Waals surface area contributed by atoms with Crippen molar-refractivity contribution in [3.63, 3.8) is 0 Å². The SMILES string of the molecule is Cl.Cl.O=C(CNCC1CC1)NCCc1nccs1. The second-order valence-corrected chi connectivity index (χ2v) is 5.08. The van der Waals surface area contributed by atoms with Gasteiger partial charge in [0.1, 0.15) is 0 Å². The molecule has 0 spiro atoms. The third-order valence-electron chi connectivity index (χ3n) is 2.56. The van der Waals surface area contributed by atoms with Gasteiger partial charge in [0.25, 0.3) is 0 Å². The van der Waals surface area contributed by atoms with E-state index < -0.39 is 0 Å². The lowest BCUT2D eigenvalue weighted by Gasteiger charge is -2.05. The zero-order valence-electron chi connectivity index (χ0n) is 10.1. The Bertz CT molecular complexity index is 331. The second-order valence-electron chi connectivity index (χ2n) is 4.10. The highest BCUT2D eigenvalue weighted by Crippen LogP contribution is 2.27. The Morgan fingerprint density at radius 2 is 2.22 bits per heavy atom. The van der Waals surface area contributed by atoms with E-state index in [9.17, 15) is 4.79 Å². The molecule has 2 N–H and O–H groups in total. The molecule has 1 saturated carbocycles. The summed E-state index contributed by atoms with van der Waals surface area (Å²) in [4.78, 5) is 15.5. The van der Waals surface area contributed by atoms with Crippen molar-refractivity contribution in [2.24, 2.45) is 5.92 Å². The van der Waals surface area contributed by atoms with Crippen LogP contribution in [0.4, 0.5) is 0 Å². The highest BCUT2D eigenvalue weighted by Gasteiger charge is 2.20. The van der Waals surface area contributed by atoms with Gasteiger partial charge < -0.3 is 10.6 Å². The molecule has 2 rings (SSSR count). The zero-order valence-corrected chi connectivity index (χ0v) is 12.5. The lowest BCUT2D eigenvalue weighted by molar-refractivity contribution is -0.120. The van der Waals surface area contributed by atoms with Gasteiger partial charge in [-0.2, -0.15) is 0 Å². The van der Waals surface area contributed by atoms with E-state index in [1.807, 2.05) is 5.38 Å². The van der Waals surface area contributed by atoms with Gasteiger partial charge in [-0.05, 0) is 25.3 Å². The number of carbonyl (C=O) groups excluding carboxylic acids is 1. The summed E-state index contributed by atoms with van der Waals surface area (Å²) in [5, 5.41) is 9.07. The van der Waals surface area contributed by atoms with Gasteiger partial charge in [0.05, 0.1) is 11.6 Å². The van der Waals surface area contributed by atoms with Gasteiger partial charge in [-0.15, -0.1) is 36.2 Å². The van der Waals surface area contributed by atoms with Crippen LogP contribution < -0.4 is 10.6 Å². The minimum Gasteiger partial charge on any atom is -0.355 e. The van der Waals surface area contributed by atoms with Crippen molar-refractivity contribution in [3.05, 3.63) is 16.6 Å². The normalized spacial score (nSPS) is 13.3. The summed E-state index contributed by atoms with van der Waals surface area (Å²) in [6.07, 6.45) is 5.25. The van der Waals surface area contributed by atoms with Crippen LogP contribution in [0.15, 0.2) is 11.6 Å². The van der Waals surface area contributed by atoms with Gasteiger partial charge in [0.15, 0.2) is 0 Å². The van der Waals surface area contributed by atoms with Crippen molar-refractivity contribution < 1.29 is 4.79 Å². The fourth-order valence-electron chi connectivity index (χ4n) is 1.46. The van der Waals surface area contributed by atoms with Gasteiger partial charge >= 0.3 is 0 Å². The van der Waals surface area contributed by atoms with E-state index in [1.54, 1.807) is 17.5 Å². The highest BCUT2D eigenvalue weighted by atomic mass is 35.5. The number of halogens is 2. The number of hydrogen-bond donors (Lipinski definition) is 2. The Hall–Kier alpha value is -0.360. The molecule has 4 nitrogen and oxygen atoms in total. The topological polar surface area (TPSA) is 54.0 Å². The Morgan fingerprint density at radius 3 is 2.83 bits per heavy atom. The van der Waals surface area contributed by atoms with Crippen molar-refractivity contribution >= 4 is 42.1 Å². The molecule has 0 atom stereocenters. The number of nitrogens with one attached hydrogen (secondary N) is 2. The van der Waals surface area contributed by atoms with Crippen molar-refractivity contribution in [1.29, 1.82) is 0 Å². The molecule has 0 saturated heterocycles. The first-order valence-corrected chi connectivity index (χ1v) is 6.58. The first-order valence-electron chi connectivity index (χ1n) is 5.70. The number of thiazole rings is 1. The van der Waals surface area contributed by atoms with Gasteiger partial charge in [0, 0.05) is 24.5 Å². The molecule has 104 valence electrons. The van der Waals surface area contributed by atoms with Crippen LogP contribution in [0.1, 0.15) is 17.8 Å². The van der Waals surface area contributed by atoms with E-state index in [0.717, 1.165) is 23.9 Å². The Labute approximate surface area is 124 Å². The van der Waals surface area contributed by atoms with E-state index in [1.165, 1.54) is 12.8 Å². The third kappa shape index (κ3) is 7.16. The number of hydrogen-bond acceptors (Lipinski definition) is 4. The fourth-order valence-corrected chi connectivity index (χ4v) is 2.08. The number of carbonyl (C=O) groups is 1. The van der Waals surface area contributed by atoms with Gasteiger partial charge in [0.2, 0.25) is 5.91 Å². The molecule has 1 aromatic rings. The maximum Gasteiger partial charge on any atom is 0.233 e. The molecular formula is C11H19Cl2N3OS. The van der Waals surface area contributed by atoms with Crippen LogP contribution in [0.3, 0.4) is 0 Å². The average Bonchev–Trinajstić information content (AvgIpc) is 2.94. The molecule has 1 aliphatic carbocycles. The van der Waals surface area contributed by atoms with Crippen molar-refractivity contribution in [2.45, 2.75) is 19.3 Å². The number of rotatable bonds is 7. The third-order valence-corrected chi connectivity index (χ3v) is 3.40. The van der Waals surface area contributed by atoms with E-state index in [4.69, 9.17) is 0 Å². The van der Waals surface area contributed by atoms with Crippen molar-refractivity contribution in [2.75, 3.05) is 19.6 Å². The average molecular weight is 312 g/mol. The highest BCUT2D eigenvalue weighted by molar-refractivity contribution is 7.09.